The molecule has 3 heteroatoms. The third-order valence-corrected chi connectivity index (χ3v) is 2.45. The zero-order valence-electron chi connectivity index (χ0n) is 10.3. The Hall–Kier alpha value is 0.137. The Balaban J connectivity index is 4.39. The molecule has 0 aromatic carbocycles. The monoisotopic (exact) mass is 203 g/mol. The van der Waals surface area contributed by atoms with E-state index in [1.54, 1.807) is 0 Å². The molecule has 80 valence electrons. The van der Waals surface area contributed by atoms with Gasteiger partial charge in [0.05, 0.1) is 6.73 Å². The molecule has 0 aliphatic rings. The quantitative estimate of drug-likeness (QED) is 0.504. The molecule has 0 aromatic rings. The molecule has 0 fully saturated rings. The molecule has 0 amide bonds. The molecule has 0 bridgehead atoms. The number of hydrogen-bond donors (Lipinski definition) is 0. The van der Waals surface area contributed by atoms with Crippen LogP contribution in [0.3, 0.4) is 0 Å². The van der Waals surface area contributed by atoms with Gasteiger partial charge in [-0.05, 0) is 41.5 Å². The van der Waals surface area contributed by atoms with Gasteiger partial charge in [-0.25, -0.2) is 0 Å². The number of hydrogen-bond acceptors (Lipinski definition) is 2. The maximum absolute atomic E-state index is 5.54. The minimum Gasteiger partial charge on any atom is -0.370 e. The normalized spacial score (nSPS) is 14.1. The number of nitrogens with zero attached hydrogens (tertiary/aromatic N) is 1. The molecule has 0 aliphatic carbocycles. The third-order valence-electron chi connectivity index (χ3n) is 2.04. The van der Waals surface area contributed by atoms with Gasteiger partial charge >= 0.3 is 0 Å². The Morgan fingerprint density at radius 3 is 1.62 bits per heavy atom. The van der Waals surface area contributed by atoms with Crippen molar-refractivity contribution >= 4 is 10.2 Å². The molecular formula is C10H25NOSi. The van der Waals surface area contributed by atoms with Gasteiger partial charge < -0.3 is 4.74 Å². The van der Waals surface area contributed by atoms with Gasteiger partial charge in [-0.1, -0.05) is 0 Å². The van der Waals surface area contributed by atoms with Gasteiger partial charge in [0, 0.05) is 27.6 Å². The summed E-state index contributed by atoms with van der Waals surface area (Å²) in [5.41, 5.74) is 0.351. The highest BCUT2D eigenvalue weighted by molar-refractivity contribution is 6.08. The highest BCUT2D eigenvalue weighted by Crippen LogP contribution is 2.23. The summed E-state index contributed by atoms with van der Waals surface area (Å²) < 4.78 is 5.54. The van der Waals surface area contributed by atoms with Crippen molar-refractivity contribution in [2.24, 2.45) is 0 Å². The van der Waals surface area contributed by atoms with Crippen molar-refractivity contribution in [1.82, 2.24) is 4.90 Å². The summed E-state index contributed by atoms with van der Waals surface area (Å²) in [4.78, 5) is 2.39. The van der Waals surface area contributed by atoms with Crippen LogP contribution in [-0.2, 0) is 4.74 Å². The highest BCUT2D eigenvalue weighted by Gasteiger charge is 2.30. The van der Waals surface area contributed by atoms with E-state index in [2.05, 4.69) is 46.4 Å². The Labute approximate surface area is 86.1 Å². The van der Waals surface area contributed by atoms with E-state index in [9.17, 15) is 0 Å². The molecule has 0 aromatic heterocycles. The molecule has 0 unspecified atom stereocenters. The summed E-state index contributed by atoms with van der Waals surface area (Å²) in [5.74, 6) is 0. The van der Waals surface area contributed by atoms with Crippen LogP contribution >= 0.6 is 0 Å². The standard InChI is InChI=1S/C10H25NOSi/c1-9(2,3)11(7-12-8-13)10(4,5)6/h7-8H2,1-6,13H3. The predicted molar refractivity (Wildman–Crippen MR) is 62.1 cm³/mol. The van der Waals surface area contributed by atoms with Crippen molar-refractivity contribution in [1.29, 1.82) is 0 Å². The maximum atomic E-state index is 5.54. The lowest BCUT2D eigenvalue weighted by molar-refractivity contribution is -0.0580. The largest absolute Gasteiger partial charge is 0.370 e. The minimum absolute atomic E-state index is 0.176. The summed E-state index contributed by atoms with van der Waals surface area (Å²) in [6.45, 7) is 14.1. The van der Waals surface area contributed by atoms with Crippen LogP contribution in [0.25, 0.3) is 0 Å². The lowest BCUT2D eigenvalue weighted by Gasteiger charge is -2.44. The molecule has 0 heterocycles. The van der Waals surface area contributed by atoms with Crippen molar-refractivity contribution in [3.05, 3.63) is 0 Å². The average molecular weight is 203 g/mol. The molecule has 0 aliphatic heterocycles. The first-order valence-electron chi connectivity index (χ1n) is 5.05. The lowest BCUT2D eigenvalue weighted by atomic mass is 9.97. The first kappa shape index (κ1) is 13.1. The third kappa shape index (κ3) is 4.79. The van der Waals surface area contributed by atoms with E-state index in [-0.39, 0.29) is 11.1 Å². The second-order valence-corrected chi connectivity index (χ2v) is 5.97. The van der Waals surface area contributed by atoms with E-state index in [1.807, 2.05) is 0 Å². The Morgan fingerprint density at radius 2 is 1.38 bits per heavy atom. The van der Waals surface area contributed by atoms with Crippen LogP contribution in [-0.4, -0.2) is 39.2 Å². The second-order valence-electron chi connectivity index (χ2n) is 5.39. The molecule has 0 atom stereocenters. The van der Waals surface area contributed by atoms with Crippen LogP contribution < -0.4 is 0 Å². The molecule has 13 heavy (non-hydrogen) atoms. The molecule has 0 rings (SSSR count). The van der Waals surface area contributed by atoms with Crippen LogP contribution in [0.5, 0.6) is 0 Å². The summed E-state index contributed by atoms with van der Waals surface area (Å²) in [7, 11) is 1.12. The highest BCUT2D eigenvalue weighted by atomic mass is 28.1. The smallest absolute Gasteiger partial charge is 0.0993 e. The van der Waals surface area contributed by atoms with E-state index in [0.29, 0.717) is 0 Å². The van der Waals surface area contributed by atoms with Crippen LogP contribution in [0.15, 0.2) is 0 Å². The van der Waals surface area contributed by atoms with E-state index >= 15 is 0 Å². The minimum atomic E-state index is 0.176. The van der Waals surface area contributed by atoms with Gasteiger partial charge in [0.15, 0.2) is 0 Å². The van der Waals surface area contributed by atoms with E-state index in [4.69, 9.17) is 4.74 Å². The second kappa shape index (κ2) is 4.58. The predicted octanol–water partition coefficient (Wildman–Crippen LogP) is 1.18. The summed E-state index contributed by atoms with van der Waals surface area (Å²) >= 11 is 0. The van der Waals surface area contributed by atoms with Crippen molar-refractivity contribution in [3.8, 4) is 0 Å². The topological polar surface area (TPSA) is 12.5 Å². The SMILES string of the molecule is CC(C)(C)N(COC[SiH3])C(C)(C)C. The van der Waals surface area contributed by atoms with Crippen molar-refractivity contribution in [2.75, 3.05) is 13.0 Å². The van der Waals surface area contributed by atoms with Crippen molar-refractivity contribution < 1.29 is 4.74 Å². The fourth-order valence-corrected chi connectivity index (χ4v) is 1.76. The first-order chi connectivity index (χ1) is 5.69. The fraction of sp³-hybridized carbons (Fsp3) is 1.00. The Kier molecular flexibility index (Phi) is 4.62. The van der Waals surface area contributed by atoms with Gasteiger partial charge in [-0.3, -0.25) is 4.90 Å². The molecule has 0 saturated carbocycles. The van der Waals surface area contributed by atoms with E-state index < -0.39 is 0 Å². The lowest BCUT2D eigenvalue weighted by Crippen LogP contribution is -2.53. The molecule has 0 spiro atoms. The molecule has 0 radical (unpaired) electrons. The molecular weight excluding hydrogens is 178 g/mol. The van der Waals surface area contributed by atoms with E-state index in [0.717, 1.165) is 23.2 Å². The van der Waals surface area contributed by atoms with Crippen LogP contribution in [0.4, 0.5) is 0 Å². The average Bonchev–Trinajstić information content (AvgIpc) is 1.81. The Bertz CT molecular complexity index is 132. The maximum Gasteiger partial charge on any atom is 0.0993 e. The van der Waals surface area contributed by atoms with Crippen LogP contribution in [0.1, 0.15) is 41.5 Å². The molecule has 0 saturated heterocycles. The number of ether oxygens (including phenoxy) is 1. The van der Waals surface area contributed by atoms with Crippen molar-refractivity contribution in [2.45, 2.75) is 52.6 Å². The zero-order chi connectivity index (χ0) is 10.7. The van der Waals surface area contributed by atoms with Crippen LogP contribution in [0.2, 0.25) is 0 Å². The number of rotatable bonds is 3. The first-order valence-corrected chi connectivity index (χ1v) is 6.46. The molecule has 2 nitrogen and oxygen atoms in total. The van der Waals surface area contributed by atoms with Crippen molar-refractivity contribution in [3.63, 3.8) is 0 Å². The molecule has 0 N–H and O–H groups in total. The van der Waals surface area contributed by atoms with E-state index in [1.165, 1.54) is 0 Å². The summed E-state index contributed by atoms with van der Waals surface area (Å²) in [6.07, 6.45) is 0.919. The van der Waals surface area contributed by atoms with Gasteiger partial charge in [0.2, 0.25) is 0 Å². The summed E-state index contributed by atoms with van der Waals surface area (Å²) in [6, 6.07) is 0. The Morgan fingerprint density at radius 1 is 1.00 bits per heavy atom. The van der Waals surface area contributed by atoms with Gasteiger partial charge in [-0.15, -0.1) is 0 Å². The zero-order valence-corrected chi connectivity index (χ0v) is 12.3. The van der Waals surface area contributed by atoms with Gasteiger partial charge in [0.25, 0.3) is 0 Å². The van der Waals surface area contributed by atoms with Crippen LogP contribution in [0, 0.1) is 0 Å². The summed E-state index contributed by atoms with van der Waals surface area (Å²) in [5, 5.41) is 0. The van der Waals surface area contributed by atoms with Gasteiger partial charge in [-0.2, -0.15) is 0 Å². The van der Waals surface area contributed by atoms with Gasteiger partial charge in [0.1, 0.15) is 0 Å². The fourth-order valence-electron chi connectivity index (χ4n) is 1.58.